The van der Waals surface area contributed by atoms with Gasteiger partial charge in [0.2, 0.25) is 5.88 Å². The third-order valence-corrected chi connectivity index (χ3v) is 2.67. The quantitative estimate of drug-likeness (QED) is 0.903. The highest BCUT2D eigenvalue weighted by Crippen LogP contribution is 2.18. The van der Waals surface area contributed by atoms with E-state index in [-0.39, 0.29) is 16.5 Å². The SMILES string of the molecule is CCOc1ccc(NC(=O)c2nc(N)ccc2Cl)cn1. The van der Waals surface area contributed by atoms with E-state index >= 15 is 0 Å². The number of carbonyl (C=O) groups is 1. The molecule has 0 spiro atoms. The summed E-state index contributed by atoms with van der Waals surface area (Å²) >= 11 is 5.91. The minimum atomic E-state index is -0.451. The lowest BCUT2D eigenvalue weighted by Crippen LogP contribution is -2.15. The zero-order valence-corrected chi connectivity index (χ0v) is 11.5. The van der Waals surface area contributed by atoms with Crippen molar-refractivity contribution >= 4 is 29.0 Å². The van der Waals surface area contributed by atoms with Crippen molar-refractivity contribution in [2.75, 3.05) is 17.7 Å². The number of anilines is 2. The van der Waals surface area contributed by atoms with Gasteiger partial charge in [0, 0.05) is 6.07 Å². The van der Waals surface area contributed by atoms with E-state index in [1.54, 1.807) is 12.1 Å². The van der Waals surface area contributed by atoms with Crippen molar-refractivity contribution in [1.82, 2.24) is 9.97 Å². The predicted molar refractivity (Wildman–Crippen MR) is 77.0 cm³/mol. The summed E-state index contributed by atoms with van der Waals surface area (Å²) in [6.45, 7) is 2.40. The number of nitrogens with two attached hydrogens (primary N) is 1. The van der Waals surface area contributed by atoms with Crippen LogP contribution in [-0.2, 0) is 0 Å². The molecule has 0 aliphatic carbocycles. The molecule has 6 nitrogen and oxygen atoms in total. The number of amides is 1. The fourth-order valence-electron chi connectivity index (χ4n) is 1.49. The zero-order chi connectivity index (χ0) is 14.5. The fraction of sp³-hybridized carbons (Fsp3) is 0.154. The van der Waals surface area contributed by atoms with Gasteiger partial charge in [-0.1, -0.05) is 11.6 Å². The molecular formula is C13H13ClN4O2. The summed E-state index contributed by atoms with van der Waals surface area (Å²) in [6, 6.07) is 6.39. The lowest BCUT2D eigenvalue weighted by Gasteiger charge is -2.07. The van der Waals surface area contributed by atoms with Gasteiger partial charge in [-0.2, -0.15) is 0 Å². The van der Waals surface area contributed by atoms with Crippen LogP contribution in [0.4, 0.5) is 11.5 Å². The molecule has 104 valence electrons. The summed E-state index contributed by atoms with van der Waals surface area (Å²) in [6.07, 6.45) is 1.49. The Morgan fingerprint density at radius 1 is 1.40 bits per heavy atom. The lowest BCUT2D eigenvalue weighted by atomic mass is 10.3. The molecule has 0 saturated heterocycles. The van der Waals surface area contributed by atoms with Gasteiger partial charge in [-0.05, 0) is 25.1 Å². The maximum Gasteiger partial charge on any atom is 0.275 e. The number of hydrogen-bond acceptors (Lipinski definition) is 5. The molecule has 0 unspecified atom stereocenters. The average molecular weight is 293 g/mol. The Balaban J connectivity index is 2.13. The Hall–Kier alpha value is -2.34. The number of carbonyl (C=O) groups excluding carboxylic acids is 1. The van der Waals surface area contributed by atoms with E-state index in [1.807, 2.05) is 6.92 Å². The lowest BCUT2D eigenvalue weighted by molar-refractivity contribution is 0.102. The van der Waals surface area contributed by atoms with Gasteiger partial charge in [-0.3, -0.25) is 4.79 Å². The summed E-state index contributed by atoms with van der Waals surface area (Å²) in [5, 5.41) is 2.87. The third kappa shape index (κ3) is 3.36. The van der Waals surface area contributed by atoms with Gasteiger partial charge in [0.15, 0.2) is 0 Å². The van der Waals surface area contributed by atoms with E-state index in [1.165, 1.54) is 18.3 Å². The number of nitrogen functional groups attached to an aromatic ring is 1. The molecule has 2 aromatic heterocycles. The Kier molecular flexibility index (Phi) is 4.37. The van der Waals surface area contributed by atoms with E-state index in [0.29, 0.717) is 18.2 Å². The first-order valence-electron chi connectivity index (χ1n) is 5.92. The highest BCUT2D eigenvalue weighted by Gasteiger charge is 2.13. The van der Waals surface area contributed by atoms with Crippen LogP contribution in [0.1, 0.15) is 17.4 Å². The van der Waals surface area contributed by atoms with E-state index in [2.05, 4.69) is 15.3 Å². The number of ether oxygens (including phenoxy) is 1. The standard InChI is InChI=1S/C13H13ClN4O2/c1-2-20-11-6-3-8(7-16-11)17-13(19)12-9(14)4-5-10(15)18-12/h3-7H,2H2,1H3,(H2,15,18)(H,17,19). The Bertz CT molecular complexity index is 616. The van der Waals surface area contributed by atoms with Gasteiger partial charge in [0.1, 0.15) is 11.5 Å². The molecule has 2 aromatic rings. The Morgan fingerprint density at radius 3 is 2.85 bits per heavy atom. The number of pyridine rings is 2. The van der Waals surface area contributed by atoms with Crippen LogP contribution in [0.25, 0.3) is 0 Å². The smallest absolute Gasteiger partial charge is 0.275 e. The van der Waals surface area contributed by atoms with Gasteiger partial charge < -0.3 is 15.8 Å². The molecule has 0 aliphatic heterocycles. The monoisotopic (exact) mass is 292 g/mol. The molecule has 20 heavy (non-hydrogen) atoms. The van der Waals surface area contributed by atoms with Crippen molar-refractivity contribution in [3.05, 3.63) is 41.2 Å². The van der Waals surface area contributed by atoms with Crippen LogP contribution in [-0.4, -0.2) is 22.5 Å². The van der Waals surface area contributed by atoms with E-state index in [9.17, 15) is 4.79 Å². The van der Waals surface area contributed by atoms with Crippen molar-refractivity contribution in [3.8, 4) is 5.88 Å². The first-order chi connectivity index (χ1) is 9.60. The molecule has 0 aliphatic rings. The topological polar surface area (TPSA) is 90.1 Å². The number of rotatable bonds is 4. The van der Waals surface area contributed by atoms with E-state index < -0.39 is 5.91 Å². The van der Waals surface area contributed by atoms with Gasteiger partial charge in [-0.25, -0.2) is 9.97 Å². The summed E-state index contributed by atoms with van der Waals surface area (Å²) in [7, 11) is 0. The van der Waals surface area contributed by atoms with E-state index in [0.717, 1.165) is 0 Å². The van der Waals surface area contributed by atoms with Crippen LogP contribution in [0, 0.1) is 0 Å². The van der Waals surface area contributed by atoms with Crippen molar-refractivity contribution in [1.29, 1.82) is 0 Å². The largest absolute Gasteiger partial charge is 0.478 e. The zero-order valence-electron chi connectivity index (χ0n) is 10.8. The minimum absolute atomic E-state index is 0.0700. The molecule has 7 heteroatoms. The van der Waals surface area contributed by atoms with Gasteiger partial charge in [0.25, 0.3) is 5.91 Å². The number of hydrogen-bond donors (Lipinski definition) is 2. The van der Waals surface area contributed by atoms with Crippen LogP contribution in [0.5, 0.6) is 5.88 Å². The Morgan fingerprint density at radius 2 is 2.20 bits per heavy atom. The second-order valence-electron chi connectivity index (χ2n) is 3.84. The molecule has 0 fully saturated rings. The summed E-state index contributed by atoms with van der Waals surface area (Å²) < 4.78 is 5.21. The third-order valence-electron chi connectivity index (χ3n) is 2.37. The van der Waals surface area contributed by atoms with Crippen LogP contribution in [0.2, 0.25) is 5.02 Å². The van der Waals surface area contributed by atoms with Crippen LogP contribution in [0.15, 0.2) is 30.5 Å². The molecule has 2 rings (SSSR count). The molecule has 3 N–H and O–H groups in total. The highest BCUT2D eigenvalue weighted by atomic mass is 35.5. The number of halogens is 1. The molecule has 0 atom stereocenters. The Labute approximate surface area is 120 Å². The molecular weight excluding hydrogens is 280 g/mol. The number of aromatic nitrogens is 2. The van der Waals surface area contributed by atoms with E-state index in [4.69, 9.17) is 22.1 Å². The highest BCUT2D eigenvalue weighted by molar-refractivity contribution is 6.34. The second kappa shape index (κ2) is 6.21. The maximum absolute atomic E-state index is 12.0. The van der Waals surface area contributed by atoms with Gasteiger partial charge >= 0.3 is 0 Å². The number of nitrogens with zero attached hydrogens (tertiary/aromatic N) is 2. The van der Waals surface area contributed by atoms with Crippen LogP contribution >= 0.6 is 11.6 Å². The first kappa shape index (κ1) is 14.1. The summed E-state index contributed by atoms with van der Waals surface area (Å²) in [5.74, 6) is 0.267. The van der Waals surface area contributed by atoms with Crippen molar-refractivity contribution in [2.45, 2.75) is 6.92 Å². The van der Waals surface area contributed by atoms with Crippen molar-refractivity contribution < 1.29 is 9.53 Å². The molecule has 0 radical (unpaired) electrons. The maximum atomic E-state index is 12.0. The summed E-state index contributed by atoms with van der Waals surface area (Å²) in [5.41, 5.74) is 6.12. The van der Waals surface area contributed by atoms with Crippen molar-refractivity contribution in [3.63, 3.8) is 0 Å². The molecule has 0 saturated carbocycles. The van der Waals surface area contributed by atoms with Crippen molar-refractivity contribution in [2.24, 2.45) is 0 Å². The molecule has 0 bridgehead atoms. The molecule has 1 amide bonds. The fourth-order valence-corrected chi connectivity index (χ4v) is 1.69. The second-order valence-corrected chi connectivity index (χ2v) is 4.25. The minimum Gasteiger partial charge on any atom is -0.478 e. The average Bonchev–Trinajstić information content (AvgIpc) is 2.44. The number of nitrogens with one attached hydrogen (secondary N) is 1. The summed E-state index contributed by atoms with van der Waals surface area (Å²) in [4.78, 5) is 20.0. The van der Waals surface area contributed by atoms with Gasteiger partial charge in [-0.15, -0.1) is 0 Å². The normalized spacial score (nSPS) is 10.1. The van der Waals surface area contributed by atoms with Gasteiger partial charge in [0.05, 0.1) is 23.5 Å². The first-order valence-corrected chi connectivity index (χ1v) is 6.30. The van der Waals surface area contributed by atoms with Crippen LogP contribution < -0.4 is 15.8 Å². The molecule has 2 heterocycles. The predicted octanol–water partition coefficient (Wildman–Crippen LogP) is 2.36. The molecule has 0 aromatic carbocycles. The van der Waals surface area contributed by atoms with Crippen LogP contribution in [0.3, 0.4) is 0 Å².